The van der Waals surface area contributed by atoms with Crippen molar-refractivity contribution in [1.82, 2.24) is 9.80 Å². The molecule has 0 aromatic heterocycles. The highest BCUT2D eigenvalue weighted by atomic mass is 32.2. The molecule has 0 aromatic carbocycles. The zero-order valence-electron chi connectivity index (χ0n) is 11.8. The van der Waals surface area contributed by atoms with Crippen molar-refractivity contribution in [3.05, 3.63) is 0 Å². The molecule has 0 aromatic rings. The van der Waals surface area contributed by atoms with Crippen LogP contribution in [0.1, 0.15) is 13.3 Å². The van der Waals surface area contributed by atoms with Crippen molar-refractivity contribution >= 4 is 28.7 Å². The highest BCUT2D eigenvalue weighted by Crippen LogP contribution is 2.32. The third-order valence-electron chi connectivity index (χ3n) is 3.90. The van der Waals surface area contributed by atoms with Crippen molar-refractivity contribution in [2.45, 2.75) is 18.6 Å². The van der Waals surface area contributed by atoms with Crippen LogP contribution in [0.15, 0.2) is 4.99 Å². The van der Waals surface area contributed by atoms with E-state index in [0.29, 0.717) is 32.8 Å². The summed E-state index contributed by atoms with van der Waals surface area (Å²) in [5.41, 5.74) is 0.0708. The molecule has 110 valence electrons. The lowest BCUT2D eigenvalue weighted by Crippen LogP contribution is -2.49. The maximum atomic E-state index is 12.2. The largest absolute Gasteiger partial charge is 0.380 e. The summed E-state index contributed by atoms with van der Waals surface area (Å²) in [6, 6.07) is 0. The van der Waals surface area contributed by atoms with Gasteiger partial charge in [0.1, 0.15) is 5.25 Å². The van der Waals surface area contributed by atoms with Crippen molar-refractivity contribution in [1.29, 1.82) is 0 Å². The molecule has 2 amide bonds. The van der Waals surface area contributed by atoms with E-state index in [1.54, 1.807) is 16.8 Å². The Kier molecular flexibility index (Phi) is 3.50. The molecule has 6 nitrogen and oxygen atoms in total. The van der Waals surface area contributed by atoms with E-state index >= 15 is 0 Å². The first kappa shape index (κ1) is 13.9. The Morgan fingerprint density at radius 2 is 2.35 bits per heavy atom. The second-order valence-electron chi connectivity index (χ2n) is 6.02. The predicted octanol–water partition coefficient (Wildman–Crippen LogP) is 0.185. The van der Waals surface area contributed by atoms with Crippen molar-refractivity contribution in [2.75, 3.05) is 39.9 Å². The van der Waals surface area contributed by atoms with Crippen LogP contribution in [0.25, 0.3) is 0 Å². The number of hydrogen-bond donors (Lipinski definition) is 0. The molecule has 0 unspecified atom stereocenters. The van der Waals surface area contributed by atoms with Gasteiger partial charge in [-0.3, -0.25) is 19.5 Å². The maximum Gasteiger partial charge on any atom is 0.242 e. The van der Waals surface area contributed by atoms with E-state index in [1.807, 2.05) is 0 Å². The molecule has 20 heavy (non-hydrogen) atoms. The third-order valence-corrected chi connectivity index (χ3v) is 5.11. The van der Waals surface area contributed by atoms with Gasteiger partial charge >= 0.3 is 0 Å². The number of nitrogens with zero attached hydrogens (tertiary/aromatic N) is 3. The number of aliphatic imine (C=N–C) groups is 1. The van der Waals surface area contributed by atoms with Crippen LogP contribution in [0.4, 0.5) is 0 Å². The van der Waals surface area contributed by atoms with Crippen LogP contribution in [0.3, 0.4) is 0 Å². The van der Waals surface area contributed by atoms with E-state index in [0.717, 1.165) is 5.17 Å². The van der Waals surface area contributed by atoms with Crippen LogP contribution in [0, 0.1) is 5.41 Å². The van der Waals surface area contributed by atoms with E-state index in [2.05, 4.69) is 11.9 Å². The van der Waals surface area contributed by atoms with Crippen molar-refractivity contribution in [2.24, 2.45) is 10.4 Å². The molecular formula is C13H19N3O3S. The Balaban J connectivity index is 1.55. The second-order valence-corrected chi connectivity index (χ2v) is 7.19. The number of carbonyl (C=O) groups excluding carboxylic acids is 2. The Morgan fingerprint density at radius 3 is 2.95 bits per heavy atom. The number of thioether (sulfide) groups is 1. The van der Waals surface area contributed by atoms with Crippen molar-refractivity contribution < 1.29 is 14.3 Å². The van der Waals surface area contributed by atoms with Gasteiger partial charge in [-0.1, -0.05) is 18.7 Å². The number of carbonyl (C=O) groups is 2. The lowest BCUT2D eigenvalue weighted by Gasteiger charge is -2.40. The van der Waals surface area contributed by atoms with E-state index in [9.17, 15) is 9.59 Å². The molecule has 0 spiro atoms. The van der Waals surface area contributed by atoms with Gasteiger partial charge in [-0.05, 0) is 0 Å². The smallest absolute Gasteiger partial charge is 0.242 e. The zero-order chi connectivity index (χ0) is 14.3. The zero-order valence-corrected chi connectivity index (χ0v) is 12.6. The van der Waals surface area contributed by atoms with Crippen LogP contribution >= 0.6 is 11.8 Å². The molecule has 0 bridgehead atoms. The predicted molar refractivity (Wildman–Crippen MR) is 76.6 cm³/mol. The average Bonchev–Trinajstić information content (AvgIpc) is 2.92. The molecule has 2 saturated heterocycles. The van der Waals surface area contributed by atoms with Crippen LogP contribution in [0.5, 0.6) is 0 Å². The van der Waals surface area contributed by atoms with Gasteiger partial charge in [-0.25, -0.2) is 0 Å². The molecule has 0 radical (unpaired) electrons. The summed E-state index contributed by atoms with van der Waals surface area (Å²) in [7, 11) is 1.80. The fourth-order valence-electron chi connectivity index (χ4n) is 2.73. The minimum Gasteiger partial charge on any atom is -0.380 e. The van der Waals surface area contributed by atoms with E-state index < -0.39 is 0 Å². The Bertz CT molecular complexity index is 475. The monoisotopic (exact) mass is 297 g/mol. The van der Waals surface area contributed by atoms with Crippen LogP contribution in [-0.2, 0) is 14.3 Å². The van der Waals surface area contributed by atoms with Crippen LogP contribution in [-0.4, -0.2) is 71.9 Å². The van der Waals surface area contributed by atoms with Crippen LogP contribution in [0.2, 0.25) is 0 Å². The molecular weight excluding hydrogens is 278 g/mol. The minimum absolute atomic E-state index is 0.0192. The summed E-state index contributed by atoms with van der Waals surface area (Å²) in [6.07, 6.45) is 0.256. The molecule has 0 N–H and O–H groups in total. The Morgan fingerprint density at radius 1 is 1.60 bits per heavy atom. The van der Waals surface area contributed by atoms with E-state index in [4.69, 9.17) is 4.74 Å². The summed E-state index contributed by atoms with van der Waals surface area (Å²) in [5.74, 6) is 0.0527. The SMILES string of the molecule is CN(CC1(C)COC1)C(=O)C[C@@H]1SC2=NCCN2C1=O. The molecule has 3 heterocycles. The van der Waals surface area contributed by atoms with Gasteiger partial charge in [0, 0.05) is 32.0 Å². The lowest BCUT2D eigenvalue weighted by atomic mass is 9.88. The number of ether oxygens (including phenoxy) is 1. The number of rotatable bonds is 4. The van der Waals surface area contributed by atoms with E-state index in [-0.39, 0.29) is 28.9 Å². The maximum absolute atomic E-state index is 12.2. The summed E-state index contributed by atoms with van der Waals surface area (Å²) >= 11 is 1.43. The summed E-state index contributed by atoms with van der Waals surface area (Å²) < 4.78 is 5.20. The molecule has 0 aliphatic carbocycles. The van der Waals surface area contributed by atoms with Gasteiger partial charge in [0.15, 0.2) is 5.17 Å². The second kappa shape index (κ2) is 5.04. The molecule has 0 saturated carbocycles. The first-order chi connectivity index (χ1) is 9.48. The highest BCUT2D eigenvalue weighted by Gasteiger charge is 2.42. The standard InChI is InChI=1S/C13H19N3O3S/c1-13(7-19-8-13)6-15(2)10(17)5-9-11(18)16-4-3-14-12(16)20-9/h9H,3-8H2,1-2H3/t9-/m0/s1. The van der Waals surface area contributed by atoms with Crippen molar-refractivity contribution in [3.63, 3.8) is 0 Å². The van der Waals surface area contributed by atoms with Gasteiger partial charge in [0.25, 0.3) is 0 Å². The summed E-state index contributed by atoms with van der Waals surface area (Å²) in [5, 5.41) is 0.490. The quantitative estimate of drug-likeness (QED) is 0.743. The topological polar surface area (TPSA) is 62.2 Å². The van der Waals surface area contributed by atoms with Gasteiger partial charge in [0.2, 0.25) is 11.8 Å². The first-order valence-electron chi connectivity index (χ1n) is 6.83. The van der Waals surface area contributed by atoms with Gasteiger partial charge in [-0.2, -0.15) is 0 Å². The lowest BCUT2D eigenvalue weighted by molar-refractivity contribution is -0.143. The molecule has 1 atom stereocenters. The van der Waals surface area contributed by atoms with Gasteiger partial charge in [-0.15, -0.1) is 0 Å². The molecule has 3 rings (SSSR count). The fourth-order valence-corrected chi connectivity index (χ4v) is 3.91. The van der Waals surface area contributed by atoms with Crippen LogP contribution < -0.4 is 0 Å². The minimum atomic E-state index is -0.297. The number of amides is 2. The normalized spacial score (nSPS) is 27.1. The molecule has 3 aliphatic rings. The average molecular weight is 297 g/mol. The fraction of sp³-hybridized carbons (Fsp3) is 0.769. The molecule has 3 aliphatic heterocycles. The van der Waals surface area contributed by atoms with Gasteiger partial charge in [0.05, 0.1) is 19.8 Å². The van der Waals surface area contributed by atoms with Crippen molar-refractivity contribution in [3.8, 4) is 0 Å². The third kappa shape index (κ3) is 2.44. The first-order valence-corrected chi connectivity index (χ1v) is 7.71. The number of hydrogen-bond acceptors (Lipinski definition) is 5. The Hall–Kier alpha value is -1.08. The Labute approximate surface area is 122 Å². The van der Waals surface area contributed by atoms with E-state index in [1.165, 1.54) is 11.8 Å². The summed E-state index contributed by atoms with van der Waals surface area (Å²) in [6.45, 7) is 5.55. The number of fused-ring (bicyclic) bond motifs is 1. The molecule has 2 fully saturated rings. The van der Waals surface area contributed by atoms with Gasteiger partial charge < -0.3 is 9.64 Å². The summed E-state index contributed by atoms with van der Waals surface area (Å²) in [4.78, 5) is 32.1. The highest BCUT2D eigenvalue weighted by molar-refractivity contribution is 8.15. The molecule has 7 heteroatoms. The number of amidine groups is 1.